The number of nitro groups is 1. The van der Waals surface area contributed by atoms with Gasteiger partial charge in [0, 0.05) is 17.7 Å². The van der Waals surface area contributed by atoms with E-state index in [1.807, 2.05) is 6.92 Å². The van der Waals surface area contributed by atoms with Crippen molar-refractivity contribution in [3.63, 3.8) is 0 Å². The molecule has 0 bridgehead atoms. The summed E-state index contributed by atoms with van der Waals surface area (Å²) >= 11 is 0. The van der Waals surface area contributed by atoms with Gasteiger partial charge >= 0.3 is 6.18 Å². The molecule has 1 rings (SSSR count). The minimum atomic E-state index is -4.57. The highest BCUT2D eigenvalue weighted by atomic mass is 19.4. The number of alkyl halides is 3. The summed E-state index contributed by atoms with van der Waals surface area (Å²) in [7, 11) is 1.71. The second kappa shape index (κ2) is 6.01. The average Bonchev–Trinajstić information content (AvgIpc) is 2.34. The Labute approximate surface area is 108 Å². The van der Waals surface area contributed by atoms with E-state index in [0.29, 0.717) is 18.1 Å². The van der Waals surface area contributed by atoms with Gasteiger partial charge in [0.25, 0.3) is 5.69 Å². The minimum Gasteiger partial charge on any atom is -0.317 e. The maximum Gasteiger partial charge on any atom is 0.416 e. The number of nitrogens with zero attached hydrogens (tertiary/aromatic N) is 1. The van der Waals surface area contributed by atoms with E-state index in [4.69, 9.17) is 0 Å². The molecule has 7 heteroatoms. The van der Waals surface area contributed by atoms with E-state index in [-0.39, 0.29) is 6.04 Å². The van der Waals surface area contributed by atoms with Crippen LogP contribution in [0, 0.1) is 10.1 Å². The third-order valence-electron chi connectivity index (χ3n) is 2.98. The maximum atomic E-state index is 12.5. The average molecular weight is 276 g/mol. The summed E-state index contributed by atoms with van der Waals surface area (Å²) in [5.41, 5.74) is -1.18. The molecule has 0 aromatic heterocycles. The summed E-state index contributed by atoms with van der Waals surface area (Å²) in [6, 6.07) is 2.65. The number of nitro benzene ring substituents is 1. The van der Waals surface area contributed by atoms with Crippen LogP contribution in [0.4, 0.5) is 18.9 Å². The lowest BCUT2D eigenvalue weighted by molar-refractivity contribution is -0.385. The first-order valence-electron chi connectivity index (χ1n) is 5.81. The van der Waals surface area contributed by atoms with Crippen LogP contribution in [0.2, 0.25) is 0 Å². The lowest BCUT2D eigenvalue weighted by atomic mass is 10.0. The molecule has 0 fully saturated rings. The molecule has 0 amide bonds. The van der Waals surface area contributed by atoms with Crippen LogP contribution in [-0.2, 0) is 12.6 Å². The van der Waals surface area contributed by atoms with Crippen LogP contribution in [0.5, 0.6) is 0 Å². The highest BCUT2D eigenvalue weighted by Crippen LogP contribution is 2.33. The van der Waals surface area contributed by atoms with Crippen LogP contribution in [-0.4, -0.2) is 18.0 Å². The quantitative estimate of drug-likeness (QED) is 0.664. The first-order chi connectivity index (χ1) is 8.79. The third-order valence-corrected chi connectivity index (χ3v) is 2.98. The van der Waals surface area contributed by atoms with Crippen molar-refractivity contribution >= 4 is 5.69 Å². The topological polar surface area (TPSA) is 55.2 Å². The van der Waals surface area contributed by atoms with Crippen molar-refractivity contribution in [3.05, 3.63) is 39.4 Å². The summed E-state index contributed by atoms with van der Waals surface area (Å²) in [5, 5.41) is 13.8. The molecule has 0 aliphatic rings. The van der Waals surface area contributed by atoms with Gasteiger partial charge in [-0.05, 0) is 26.0 Å². The predicted molar refractivity (Wildman–Crippen MR) is 64.9 cm³/mol. The summed E-state index contributed by atoms with van der Waals surface area (Å²) in [6.45, 7) is 1.90. The van der Waals surface area contributed by atoms with Crippen LogP contribution in [0.1, 0.15) is 24.5 Å². The predicted octanol–water partition coefficient (Wildman–Crippen LogP) is 3.15. The lowest BCUT2D eigenvalue weighted by Gasteiger charge is -2.14. The molecule has 0 aliphatic carbocycles. The number of nitrogens with one attached hydrogen (secondary N) is 1. The van der Waals surface area contributed by atoms with Crippen LogP contribution in [0.3, 0.4) is 0 Å². The number of likely N-dealkylation sites (N-methyl/N-ethyl adjacent to an activating group) is 1. The Balaban J connectivity index is 3.15. The van der Waals surface area contributed by atoms with Gasteiger partial charge in [-0.25, -0.2) is 0 Å². The molecular weight excluding hydrogens is 261 g/mol. The molecule has 0 saturated carbocycles. The monoisotopic (exact) mass is 276 g/mol. The number of hydrogen-bond acceptors (Lipinski definition) is 3. The minimum absolute atomic E-state index is 0.00423. The van der Waals surface area contributed by atoms with Crippen LogP contribution in [0.25, 0.3) is 0 Å². The Bertz CT molecular complexity index is 457. The summed E-state index contributed by atoms with van der Waals surface area (Å²) in [4.78, 5) is 10.1. The normalized spacial score (nSPS) is 13.3. The number of hydrogen-bond donors (Lipinski definition) is 1. The Morgan fingerprint density at radius 3 is 2.47 bits per heavy atom. The molecule has 0 spiro atoms. The first kappa shape index (κ1) is 15.4. The van der Waals surface area contributed by atoms with Crippen molar-refractivity contribution < 1.29 is 18.1 Å². The van der Waals surface area contributed by atoms with Gasteiger partial charge in [-0.2, -0.15) is 13.2 Å². The summed E-state index contributed by atoms with van der Waals surface area (Å²) in [5.74, 6) is 0. The van der Waals surface area contributed by atoms with Gasteiger partial charge in [-0.15, -0.1) is 0 Å². The molecule has 0 heterocycles. The van der Waals surface area contributed by atoms with E-state index in [1.165, 1.54) is 6.07 Å². The highest BCUT2D eigenvalue weighted by molar-refractivity contribution is 5.44. The summed E-state index contributed by atoms with van der Waals surface area (Å²) < 4.78 is 37.6. The fourth-order valence-corrected chi connectivity index (χ4v) is 1.80. The van der Waals surface area contributed by atoms with E-state index in [0.717, 1.165) is 12.5 Å². The molecule has 1 N–H and O–H groups in total. The van der Waals surface area contributed by atoms with E-state index in [9.17, 15) is 23.3 Å². The molecule has 1 atom stereocenters. The zero-order valence-electron chi connectivity index (χ0n) is 10.6. The Kier molecular flexibility index (Phi) is 4.88. The molecule has 0 radical (unpaired) electrons. The van der Waals surface area contributed by atoms with Crippen molar-refractivity contribution in [2.45, 2.75) is 32.0 Å². The number of benzene rings is 1. The molecule has 0 saturated heterocycles. The molecule has 106 valence electrons. The molecule has 4 nitrogen and oxygen atoms in total. The van der Waals surface area contributed by atoms with Gasteiger partial charge in [-0.3, -0.25) is 10.1 Å². The Morgan fingerprint density at radius 2 is 2.05 bits per heavy atom. The standard InChI is InChI=1S/C12H15F3N2O2/c1-3-10(16-2)6-8-4-5-9(12(13,14)15)7-11(8)17(18)19/h4-5,7,10,16H,3,6H2,1-2H3. The first-order valence-corrected chi connectivity index (χ1v) is 5.81. The Hall–Kier alpha value is -1.63. The molecule has 1 unspecified atom stereocenters. The molecular formula is C12H15F3N2O2. The number of halogens is 3. The Morgan fingerprint density at radius 1 is 1.42 bits per heavy atom. The van der Waals surface area contributed by atoms with Gasteiger partial charge in [0.2, 0.25) is 0 Å². The maximum absolute atomic E-state index is 12.5. The zero-order valence-corrected chi connectivity index (χ0v) is 10.6. The van der Waals surface area contributed by atoms with Crippen molar-refractivity contribution in [2.75, 3.05) is 7.05 Å². The highest BCUT2D eigenvalue weighted by Gasteiger charge is 2.33. The van der Waals surface area contributed by atoms with Gasteiger partial charge in [0.1, 0.15) is 0 Å². The van der Waals surface area contributed by atoms with Crippen LogP contribution >= 0.6 is 0 Å². The van der Waals surface area contributed by atoms with Gasteiger partial charge < -0.3 is 5.32 Å². The largest absolute Gasteiger partial charge is 0.416 e. The van der Waals surface area contributed by atoms with E-state index in [2.05, 4.69) is 5.32 Å². The van der Waals surface area contributed by atoms with E-state index >= 15 is 0 Å². The summed E-state index contributed by atoms with van der Waals surface area (Å²) in [6.07, 6.45) is -3.52. The van der Waals surface area contributed by atoms with Crippen LogP contribution in [0.15, 0.2) is 18.2 Å². The van der Waals surface area contributed by atoms with Crippen molar-refractivity contribution in [3.8, 4) is 0 Å². The van der Waals surface area contributed by atoms with Gasteiger partial charge in [0.15, 0.2) is 0 Å². The molecule has 1 aromatic carbocycles. The molecule has 19 heavy (non-hydrogen) atoms. The fraction of sp³-hybridized carbons (Fsp3) is 0.500. The van der Waals surface area contributed by atoms with Gasteiger partial charge in [-0.1, -0.05) is 13.0 Å². The zero-order chi connectivity index (χ0) is 14.6. The second-order valence-corrected chi connectivity index (χ2v) is 4.20. The SMILES string of the molecule is CCC(Cc1ccc(C(F)(F)F)cc1[N+](=O)[O-])NC. The third kappa shape index (κ3) is 3.92. The van der Waals surface area contributed by atoms with Crippen molar-refractivity contribution in [2.24, 2.45) is 0 Å². The van der Waals surface area contributed by atoms with Crippen LogP contribution < -0.4 is 5.32 Å². The van der Waals surface area contributed by atoms with E-state index < -0.39 is 22.4 Å². The van der Waals surface area contributed by atoms with Crippen molar-refractivity contribution in [1.82, 2.24) is 5.32 Å². The smallest absolute Gasteiger partial charge is 0.317 e. The fourth-order valence-electron chi connectivity index (χ4n) is 1.80. The van der Waals surface area contributed by atoms with E-state index in [1.54, 1.807) is 7.05 Å². The second-order valence-electron chi connectivity index (χ2n) is 4.20. The molecule has 1 aromatic rings. The lowest BCUT2D eigenvalue weighted by Crippen LogP contribution is -2.26. The van der Waals surface area contributed by atoms with Crippen molar-refractivity contribution in [1.29, 1.82) is 0 Å². The number of rotatable bonds is 5. The van der Waals surface area contributed by atoms with Gasteiger partial charge in [0.05, 0.1) is 10.5 Å². The molecule has 0 aliphatic heterocycles.